The van der Waals surface area contributed by atoms with Crippen molar-refractivity contribution >= 4 is 17.8 Å². The molecule has 0 aromatic heterocycles. The van der Waals surface area contributed by atoms with Gasteiger partial charge in [0.05, 0.1) is 7.11 Å². The molecule has 1 aromatic rings. The Morgan fingerprint density at radius 1 is 1.29 bits per heavy atom. The Morgan fingerprint density at radius 2 is 2.06 bits per heavy atom. The minimum absolute atomic E-state index is 0.943. The zero-order valence-corrected chi connectivity index (χ0v) is 11.1. The van der Waals surface area contributed by atoms with Crippen LogP contribution < -0.4 is 4.74 Å². The van der Waals surface area contributed by atoms with E-state index in [4.69, 9.17) is 4.74 Å². The molecule has 1 aliphatic rings. The lowest BCUT2D eigenvalue weighted by molar-refractivity contribution is 0.336. The van der Waals surface area contributed by atoms with Crippen molar-refractivity contribution in [2.24, 2.45) is 0 Å². The fourth-order valence-corrected chi connectivity index (χ4v) is 2.90. The Balaban J connectivity index is 1.90. The number of ether oxygens (including phenoxy) is 1. The maximum Gasteiger partial charge on any atom is 0.126 e. The largest absolute Gasteiger partial charge is 0.496 e. The van der Waals surface area contributed by atoms with Crippen molar-refractivity contribution in [2.45, 2.75) is 0 Å². The van der Waals surface area contributed by atoms with E-state index in [-0.39, 0.29) is 0 Å². The zero-order chi connectivity index (χ0) is 11.9. The molecule has 1 saturated heterocycles. The molecule has 0 atom stereocenters. The lowest BCUT2D eigenvalue weighted by atomic mass is 10.2. The van der Waals surface area contributed by atoms with Gasteiger partial charge in [0.1, 0.15) is 5.75 Å². The standard InChI is InChI=1S/C14H19NOS/c1-16-14-7-3-2-5-13(14)6-4-8-15-9-11-17-12-10-15/h2-7H,8-12H2,1H3/b6-4-. The van der Waals surface area contributed by atoms with Gasteiger partial charge in [-0.05, 0) is 6.07 Å². The summed E-state index contributed by atoms with van der Waals surface area (Å²) in [5.41, 5.74) is 1.15. The van der Waals surface area contributed by atoms with Gasteiger partial charge in [-0.1, -0.05) is 30.4 Å². The molecule has 3 heteroatoms. The molecule has 0 spiro atoms. The summed E-state index contributed by atoms with van der Waals surface area (Å²) >= 11 is 2.05. The topological polar surface area (TPSA) is 12.5 Å². The third-order valence-electron chi connectivity index (χ3n) is 2.90. The van der Waals surface area contributed by atoms with E-state index < -0.39 is 0 Å². The van der Waals surface area contributed by atoms with Crippen LogP contribution in [-0.2, 0) is 0 Å². The highest BCUT2D eigenvalue weighted by Gasteiger charge is 2.07. The van der Waals surface area contributed by atoms with Gasteiger partial charge in [-0.2, -0.15) is 11.8 Å². The maximum atomic E-state index is 5.32. The Kier molecular flexibility index (Phi) is 4.95. The molecular formula is C14H19NOS. The third kappa shape index (κ3) is 3.79. The van der Waals surface area contributed by atoms with Crippen molar-refractivity contribution in [2.75, 3.05) is 38.2 Å². The fourth-order valence-electron chi connectivity index (χ4n) is 1.92. The van der Waals surface area contributed by atoms with Gasteiger partial charge in [0, 0.05) is 36.7 Å². The summed E-state index contributed by atoms with van der Waals surface area (Å²) in [6.45, 7) is 3.46. The van der Waals surface area contributed by atoms with Gasteiger partial charge >= 0.3 is 0 Å². The molecule has 0 aliphatic carbocycles. The van der Waals surface area contributed by atoms with Gasteiger partial charge in [0.15, 0.2) is 0 Å². The number of nitrogens with zero attached hydrogens (tertiary/aromatic N) is 1. The Labute approximate surface area is 108 Å². The molecule has 1 fully saturated rings. The normalized spacial score (nSPS) is 17.5. The number of para-hydroxylation sites is 1. The first-order valence-corrected chi connectivity index (χ1v) is 7.15. The zero-order valence-electron chi connectivity index (χ0n) is 10.3. The summed E-state index contributed by atoms with van der Waals surface area (Å²) in [4.78, 5) is 2.49. The van der Waals surface area contributed by atoms with Crippen LogP contribution in [0.3, 0.4) is 0 Å². The average molecular weight is 249 g/mol. The highest BCUT2D eigenvalue weighted by molar-refractivity contribution is 7.99. The van der Waals surface area contributed by atoms with Gasteiger partial charge in [-0.3, -0.25) is 4.90 Å². The number of benzene rings is 1. The van der Waals surface area contributed by atoms with Crippen LogP contribution in [0, 0.1) is 0 Å². The van der Waals surface area contributed by atoms with Crippen LogP contribution in [0.5, 0.6) is 5.75 Å². The quantitative estimate of drug-likeness (QED) is 0.814. The second-order valence-corrected chi connectivity index (χ2v) is 5.28. The molecule has 92 valence electrons. The first-order chi connectivity index (χ1) is 8.40. The smallest absolute Gasteiger partial charge is 0.126 e. The summed E-state index contributed by atoms with van der Waals surface area (Å²) < 4.78 is 5.32. The van der Waals surface area contributed by atoms with E-state index in [1.165, 1.54) is 24.6 Å². The number of rotatable bonds is 4. The average Bonchev–Trinajstić information content (AvgIpc) is 2.40. The van der Waals surface area contributed by atoms with Crippen LogP contribution in [0.15, 0.2) is 30.3 Å². The number of hydrogen-bond donors (Lipinski definition) is 0. The predicted octanol–water partition coefficient (Wildman–Crippen LogP) is 2.76. The molecule has 0 N–H and O–H groups in total. The SMILES string of the molecule is COc1ccccc1/C=C\CN1CCSCC1. The summed E-state index contributed by atoms with van der Waals surface area (Å²) in [5, 5.41) is 0. The summed E-state index contributed by atoms with van der Waals surface area (Å²) in [6, 6.07) is 8.12. The molecule has 2 rings (SSSR count). The van der Waals surface area contributed by atoms with E-state index in [1.54, 1.807) is 7.11 Å². The van der Waals surface area contributed by atoms with Gasteiger partial charge in [0.2, 0.25) is 0 Å². The minimum atomic E-state index is 0.943. The van der Waals surface area contributed by atoms with Crippen molar-refractivity contribution in [3.8, 4) is 5.75 Å². The predicted molar refractivity (Wildman–Crippen MR) is 75.8 cm³/mol. The highest BCUT2D eigenvalue weighted by Crippen LogP contribution is 2.18. The second-order valence-electron chi connectivity index (χ2n) is 4.06. The van der Waals surface area contributed by atoms with Crippen molar-refractivity contribution in [1.29, 1.82) is 0 Å². The van der Waals surface area contributed by atoms with Gasteiger partial charge in [-0.15, -0.1) is 0 Å². The summed E-state index contributed by atoms with van der Waals surface area (Å²) in [6.07, 6.45) is 4.38. The van der Waals surface area contributed by atoms with E-state index in [1.807, 2.05) is 30.0 Å². The van der Waals surface area contributed by atoms with Crippen molar-refractivity contribution in [3.05, 3.63) is 35.9 Å². The van der Waals surface area contributed by atoms with Crippen LogP contribution >= 0.6 is 11.8 Å². The Bertz CT molecular complexity index is 372. The molecule has 1 aromatic carbocycles. The molecule has 0 saturated carbocycles. The molecule has 1 heterocycles. The first kappa shape index (κ1) is 12.5. The second kappa shape index (κ2) is 6.72. The van der Waals surface area contributed by atoms with Gasteiger partial charge < -0.3 is 4.74 Å². The summed E-state index contributed by atoms with van der Waals surface area (Å²) in [7, 11) is 1.72. The van der Waals surface area contributed by atoms with Crippen molar-refractivity contribution in [3.63, 3.8) is 0 Å². The molecule has 0 radical (unpaired) electrons. The first-order valence-electron chi connectivity index (χ1n) is 6.00. The minimum Gasteiger partial charge on any atom is -0.496 e. The third-order valence-corrected chi connectivity index (χ3v) is 3.85. The number of thioether (sulfide) groups is 1. The monoisotopic (exact) mass is 249 g/mol. The molecule has 0 unspecified atom stereocenters. The van der Waals surface area contributed by atoms with E-state index in [0.717, 1.165) is 17.9 Å². The van der Waals surface area contributed by atoms with Gasteiger partial charge in [-0.25, -0.2) is 0 Å². The van der Waals surface area contributed by atoms with Crippen LogP contribution in [0.2, 0.25) is 0 Å². The number of hydrogen-bond acceptors (Lipinski definition) is 3. The van der Waals surface area contributed by atoms with Crippen LogP contribution in [-0.4, -0.2) is 43.1 Å². The van der Waals surface area contributed by atoms with E-state index in [9.17, 15) is 0 Å². The lowest BCUT2D eigenvalue weighted by Crippen LogP contribution is -2.32. The Hall–Kier alpha value is -0.930. The van der Waals surface area contributed by atoms with Crippen molar-refractivity contribution < 1.29 is 4.74 Å². The van der Waals surface area contributed by atoms with E-state index in [2.05, 4.69) is 23.1 Å². The maximum absolute atomic E-state index is 5.32. The van der Waals surface area contributed by atoms with Crippen LogP contribution in [0.25, 0.3) is 6.08 Å². The van der Waals surface area contributed by atoms with E-state index in [0.29, 0.717) is 0 Å². The molecular weight excluding hydrogens is 230 g/mol. The molecule has 2 nitrogen and oxygen atoms in total. The van der Waals surface area contributed by atoms with Crippen LogP contribution in [0.4, 0.5) is 0 Å². The number of methoxy groups -OCH3 is 1. The highest BCUT2D eigenvalue weighted by atomic mass is 32.2. The fraction of sp³-hybridized carbons (Fsp3) is 0.429. The molecule has 0 bridgehead atoms. The molecule has 0 amide bonds. The van der Waals surface area contributed by atoms with Gasteiger partial charge in [0.25, 0.3) is 0 Å². The molecule has 17 heavy (non-hydrogen) atoms. The van der Waals surface area contributed by atoms with E-state index >= 15 is 0 Å². The van der Waals surface area contributed by atoms with Crippen LogP contribution in [0.1, 0.15) is 5.56 Å². The lowest BCUT2D eigenvalue weighted by Gasteiger charge is -2.24. The Morgan fingerprint density at radius 3 is 2.82 bits per heavy atom. The molecule has 1 aliphatic heterocycles. The van der Waals surface area contributed by atoms with Crippen molar-refractivity contribution in [1.82, 2.24) is 4.90 Å². The summed E-state index contributed by atoms with van der Waals surface area (Å²) in [5.74, 6) is 3.48.